The number of hydrogen-bond acceptors (Lipinski definition) is 8. The number of benzene rings is 2. The third-order valence-corrected chi connectivity index (χ3v) is 12.4. The molecule has 1 aliphatic heterocycles. The first-order valence-corrected chi connectivity index (χ1v) is 15.8. The zero-order valence-electron chi connectivity index (χ0n) is 23.2. The number of aliphatic hydroxyl groups is 1. The van der Waals surface area contributed by atoms with Crippen LogP contribution >= 0.6 is 0 Å². The summed E-state index contributed by atoms with van der Waals surface area (Å²) in [5, 5.41) is 11.0. The number of ether oxygens (including phenoxy) is 4. The molecule has 208 valence electrons. The number of carbonyl (C=O) groups is 2. The van der Waals surface area contributed by atoms with E-state index in [2.05, 4.69) is 40.8 Å². The maximum Gasteiger partial charge on any atom is 0.338 e. The Kier molecular flexibility index (Phi) is 9.89. The fourth-order valence-electron chi connectivity index (χ4n) is 4.22. The Bertz CT molecular complexity index is 1060. The van der Waals surface area contributed by atoms with Gasteiger partial charge in [0.05, 0.1) is 19.3 Å². The molecular weight excluding hydrogens is 504 g/mol. The van der Waals surface area contributed by atoms with Crippen molar-refractivity contribution in [3.63, 3.8) is 0 Å². The van der Waals surface area contributed by atoms with E-state index in [-0.39, 0.29) is 17.6 Å². The van der Waals surface area contributed by atoms with Gasteiger partial charge in [-0.1, -0.05) is 76.2 Å². The second-order valence-corrected chi connectivity index (χ2v) is 15.5. The number of methoxy groups -OCH3 is 1. The SMILES string of the molecule is COC(=O)[C@@H]1O[C@H](O[Si](C)(C)C(C)(C)C(C)C)[C@H](OC(=O)c2ccccc2)[C@@H](OCc2ccccc2)[C@@H]1O. The molecule has 0 aromatic heterocycles. The van der Waals surface area contributed by atoms with Gasteiger partial charge in [0.2, 0.25) is 0 Å². The Morgan fingerprint density at radius 2 is 1.58 bits per heavy atom. The lowest BCUT2D eigenvalue weighted by Gasteiger charge is -2.49. The molecule has 3 rings (SSSR count). The van der Waals surface area contributed by atoms with E-state index in [4.69, 9.17) is 23.4 Å². The molecule has 0 radical (unpaired) electrons. The molecule has 2 aromatic rings. The molecule has 1 saturated heterocycles. The summed E-state index contributed by atoms with van der Waals surface area (Å²) in [6.07, 6.45) is -6.31. The molecule has 38 heavy (non-hydrogen) atoms. The molecule has 0 amide bonds. The van der Waals surface area contributed by atoms with Crippen LogP contribution in [0.1, 0.15) is 43.6 Å². The molecule has 0 saturated carbocycles. The Balaban J connectivity index is 2.00. The van der Waals surface area contributed by atoms with Gasteiger partial charge in [0.1, 0.15) is 12.2 Å². The first-order valence-electron chi connectivity index (χ1n) is 12.9. The lowest BCUT2D eigenvalue weighted by atomic mass is 9.98. The molecule has 1 N–H and O–H groups in total. The summed E-state index contributed by atoms with van der Waals surface area (Å²) in [5.74, 6) is -1.10. The van der Waals surface area contributed by atoms with E-state index < -0.39 is 51.0 Å². The van der Waals surface area contributed by atoms with Crippen molar-refractivity contribution in [3.05, 3.63) is 71.8 Å². The Labute approximate surface area is 226 Å². The molecule has 9 heteroatoms. The van der Waals surface area contributed by atoms with Crippen LogP contribution in [-0.2, 0) is 34.8 Å². The van der Waals surface area contributed by atoms with Gasteiger partial charge in [-0.15, -0.1) is 0 Å². The predicted molar refractivity (Wildman–Crippen MR) is 145 cm³/mol. The van der Waals surface area contributed by atoms with Gasteiger partial charge in [-0.3, -0.25) is 0 Å². The molecule has 1 heterocycles. The number of rotatable bonds is 10. The maximum absolute atomic E-state index is 13.2. The summed E-state index contributed by atoms with van der Waals surface area (Å²) in [5.41, 5.74) is 1.18. The minimum Gasteiger partial charge on any atom is -0.467 e. The fraction of sp³-hybridized carbons (Fsp3) is 0.517. The third kappa shape index (κ3) is 6.70. The third-order valence-electron chi connectivity index (χ3n) is 7.90. The van der Waals surface area contributed by atoms with E-state index >= 15 is 0 Å². The van der Waals surface area contributed by atoms with E-state index in [9.17, 15) is 14.7 Å². The van der Waals surface area contributed by atoms with Gasteiger partial charge in [-0.05, 0) is 41.7 Å². The molecule has 1 fully saturated rings. The molecule has 0 aliphatic carbocycles. The van der Waals surface area contributed by atoms with Crippen LogP contribution in [0.3, 0.4) is 0 Å². The number of hydrogen-bond donors (Lipinski definition) is 1. The number of aliphatic hydroxyl groups excluding tert-OH is 1. The van der Waals surface area contributed by atoms with Crippen LogP contribution in [0.5, 0.6) is 0 Å². The van der Waals surface area contributed by atoms with Crippen LogP contribution in [0, 0.1) is 5.92 Å². The highest BCUT2D eigenvalue weighted by Gasteiger charge is 2.55. The van der Waals surface area contributed by atoms with Crippen molar-refractivity contribution in [2.45, 2.75) is 83.1 Å². The van der Waals surface area contributed by atoms with Gasteiger partial charge in [-0.25, -0.2) is 9.59 Å². The highest BCUT2D eigenvalue weighted by Crippen LogP contribution is 2.46. The van der Waals surface area contributed by atoms with Crippen LogP contribution < -0.4 is 0 Å². The zero-order valence-corrected chi connectivity index (χ0v) is 24.2. The summed E-state index contributed by atoms with van der Waals surface area (Å²) >= 11 is 0. The second kappa shape index (κ2) is 12.5. The molecule has 5 atom stereocenters. The van der Waals surface area contributed by atoms with Crippen molar-refractivity contribution in [2.24, 2.45) is 5.92 Å². The van der Waals surface area contributed by atoms with Crippen LogP contribution in [-0.4, -0.2) is 63.2 Å². The van der Waals surface area contributed by atoms with E-state index in [1.807, 2.05) is 30.3 Å². The summed E-state index contributed by atoms with van der Waals surface area (Å²) in [6.45, 7) is 12.7. The predicted octanol–water partition coefficient (Wildman–Crippen LogP) is 4.71. The number of esters is 2. The normalized spacial score (nSPS) is 24.2. The molecule has 0 unspecified atom stereocenters. The van der Waals surface area contributed by atoms with Crippen molar-refractivity contribution >= 4 is 20.3 Å². The monoisotopic (exact) mass is 544 g/mol. The van der Waals surface area contributed by atoms with Crippen molar-refractivity contribution in [1.82, 2.24) is 0 Å². The Morgan fingerprint density at radius 1 is 1.00 bits per heavy atom. The minimum atomic E-state index is -2.57. The van der Waals surface area contributed by atoms with Crippen LogP contribution in [0.4, 0.5) is 0 Å². The minimum absolute atomic E-state index is 0.112. The van der Waals surface area contributed by atoms with Crippen molar-refractivity contribution in [3.8, 4) is 0 Å². The topological polar surface area (TPSA) is 101 Å². The fourth-order valence-corrected chi connectivity index (χ4v) is 6.68. The van der Waals surface area contributed by atoms with Crippen LogP contribution in [0.2, 0.25) is 18.1 Å². The number of carbonyl (C=O) groups excluding carboxylic acids is 2. The molecule has 8 nitrogen and oxygen atoms in total. The van der Waals surface area contributed by atoms with Crippen molar-refractivity contribution in [2.75, 3.05) is 7.11 Å². The molecule has 0 bridgehead atoms. The first-order chi connectivity index (χ1) is 17.9. The van der Waals surface area contributed by atoms with Gasteiger partial charge < -0.3 is 28.5 Å². The first kappa shape index (κ1) is 30.0. The molecule has 1 aliphatic rings. The standard InChI is InChI=1S/C29H40O8Si/c1-19(2)29(3,4)38(6,7)37-28-25(35-26(31)21-16-12-9-13-17-21)23(22(30)24(36-28)27(32)33-5)34-18-20-14-10-8-11-15-20/h8-17,19,22-25,28,30H,18H2,1-7H3/t22-,23-,24+,25+,28+/m0/s1. The van der Waals surface area contributed by atoms with Crippen LogP contribution in [0.15, 0.2) is 60.7 Å². The Hall–Kier alpha value is -2.56. The van der Waals surface area contributed by atoms with E-state index in [0.29, 0.717) is 5.56 Å². The van der Waals surface area contributed by atoms with E-state index in [1.54, 1.807) is 30.3 Å². The lowest BCUT2D eigenvalue weighted by Crippen LogP contribution is -2.64. The summed E-state index contributed by atoms with van der Waals surface area (Å²) in [6, 6.07) is 17.9. The lowest BCUT2D eigenvalue weighted by molar-refractivity contribution is -0.284. The highest BCUT2D eigenvalue weighted by atomic mass is 28.4. The van der Waals surface area contributed by atoms with Gasteiger partial charge in [0.15, 0.2) is 26.8 Å². The van der Waals surface area contributed by atoms with Gasteiger partial charge in [-0.2, -0.15) is 0 Å². The summed E-state index contributed by atoms with van der Waals surface area (Å²) < 4.78 is 29.7. The molecular formula is C29H40O8Si. The summed E-state index contributed by atoms with van der Waals surface area (Å²) in [7, 11) is -1.35. The van der Waals surface area contributed by atoms with E-state index in [1.165, 1.54) is 7.11 Å². The zero-order chi connectivity index (χ0) is 28.1. The second-order valence-electron chi connectivity index (χ2n) is 10.9. The largest absolute Gasteiger partial charge is 0.467 e. The molecule has 0 spiro atoms. The van der Waals surface area contributed by atoms with Crippen LogP contribution in [0.25, 0.3) is 0 Å². The molecule has 2 aromatic carbocycles. The highest BCUT2D eigenvalue weighted by molar-refractivity contribution is 6.74. The van der Waals surface area contributed by atoms with Crippen molar-refractivity contribution in [1.29, 1.82) is 0 Å². The van der Waals surface area contributed by atoms with Gasteiger partial charge in [0, 0.05) is 0 Å². The smallest absolute Gasteiger partial charge is 0.338 e. The van der Waals surface area contributed by atoms with Gasteiger partial charge >= 0.3 is 11.9 Å². The average molecular weight is 545 g/mol. The summed E-state index contributed by atoms with van der Waals surface area (Å²) in [4.78, 5) is 25.8. The van der Waals surface area contributed by atoms with E-state index in [0.717, 1.165) is 5.56 Å². The Morgan fingerprint density at radius 3 is 2.13 bits per heavy atom. The maximum atomic E-state index is 13.2. The average Bonchev–Trinajstić information content (AvgIpc) is 2.90. The quantitative estimate of drug-likeness (QED) is 0.339. The van der Waals surface area contributed by atoms with Gasteiger partial charge in [0.25, 0.3) is 0 Å². The van der Waals surface area contributed by atoms with Crippen molar-refractivity contribution < 1.29 is 38.1 Å².